The second-order valence-electron chi connectivity index (χ2n) is 6.38. The fraction of sp³-hybridized carbons (Fsp3) is 0.500. The Kier molecular flexibility index (Phi) is 5.65. The van der Waals surface area contributed by atoms with E-state index in [0.717, 1.165) is 50.0 Å². The summed E-state index contributed by atoms with van der Waals surface area (Å²) in [6.45, 7) is 11.4. The number of piperazine rings is 1. The summed E-state index contributed by atoms with van der Waals surface area (Å²) in [5.41, 5.74) is 0.908. The molecule has 1 aliphatic rings. The lowest BCUT2D eigenvalue weighted by Gasteiger charge is -2.34. The summed E-state index contributed by atoms with van der Waals surface area (Å²) in [5, 5.41) is 11.4. The number of aromatic nitrogens is 3. The van der Waals surface area contributed by atoms with E-state index in [1.54, 1.807) is 6.20 Å². The molecule has 134 valence electrons. The Morgan fingerprint density at radius 1 is 1.12 bits per heavy atom. The van der Waals surface area contributed by atoms with E-state index in [4.69, 9.17) is 4.74 Å². The van der Waals surface area contributed by atoms with Crippen LogP contribution in [0.4, 0.5) is 17.5 Å². The number of nitrogens with one attached hydrogen (secondary N) is 1. The third-order valence-corrected chi connectivity index (χ3v) is 4.17. The molecule has 1 N–H and O–H groups in total. The molecule has 0 atom stereocenters. The fourth-order valence-corrected chi connectivity index (χ4v) is 2.81. The van der Waals surface area contributed by atoms with Gasteiger partial charge in [0.25, 0.3) is 0 Å². The monoisotopic (exact) mass is 342 g/mol. The van der Waals surface area contributed by atoms with Gasteiger partial charge in [-0.15, -0.1) is 5.10 Å². The maximum absolute atomic E-state index is 5.65. The summed E-state index contributed by atoms with van der Waals surface area (Å²) in [4.78, 5) is 9.30. The highest BCUT2D eigenvalue weighted by atomic mass is 16.5. The fourth-order valence-electron chi connectivity index (χ4n) is 2.81. The third-order valence-electron chi connectivity index (χ3n) is 4.17. The number of benzene rings is 1. The van der Waals surface area contributed by atoms with Crippen molar-refractivity contribution in [2.75, 3.05) is 42.9 Å². The second-order valence-corrected chi connectivity index (χ2v) is 6.38. The van der Waals surface area contributed by atoms with Crippen molar-refractivity contribution in [2.24, 2.45) is 0 Å². The maximum atomic E-state index is 5.65. The Morgan fingerprint density at radius 2 is 1.84 bits per heavy atom. The van der Waals surface area contributed by atoms with Crippen molar-refractivity contribution >= 4 is 17.5 Å². The van der Waals surface area contributed by atoms with Gasteiger partial charge in [-0.1, -0.05) is 6.92 Å². The summed E-state index contributed by atoms with van der Waals surface area (Å²) in [7, 11) is 0. The van der Waals surface area contributed by atoms with E-state index in [0.29, 0.717) is 5.95 Å². The number of anilines is 3. The van der Waals surface area contributed by atoms with Gasteiger partial charge in [-0.3, -0.25) is 0 Å². The van der Waals surface area contributed by atoms with Gasteiger partial charge in [-0.25, -0.2) is 0 Å². The first-order chi connectivity index (χ1) is 12.1. The summed E-state index contributed by atoms with van der Waals surface area (Å²) >= 11 is 0. The van der Waals surface area contributed by atoms with E-state index in [1.165, 1.54) is 0 Å². The summed E-state index contributed by atoms with van der Waals surface area (Å²) < 4.78 is 5.65. The molecular formula is C18H26N6O. The van der Waals surface area contributed by atoms with Crippen LogP contribution in [0.5, 0.6) is 5.75 Å². The summed E-state index contributed by atoms with van der Waals surface area (Å²) in [6.07, 6.45) is 1.89. The Bertz CT molecular complexity index is 668. The zero-order chi connectivity index (χ0) is 17.6. The van der Waals surface area contributed by atoms with Crippen molar-refractivity contribution in [1.82, 2.24) is 20.1 Å². The molecular weight excluding hydrogens is 316 g/mol. The number of ether oxygens (including phenoxy) is 1. The molecule has 1 aromatic carbocycles. The van der Waals surface area contributed by atoms with E-state index in [2.05, 4.69) is 37.2 Å². The molecule has 0 aliphatic carbocycles. The van der Waals surface area contributed by atoms with Gasteiger partial charge >= 0.3 is 0 Å². The van der Waals surface area contributed by atoms with Gasteiger partial charge < -0.3 is 19.9 Å². The van der Waals surface area contributed by atoms with Gasteiger partial charge in [-0.05, 0) is 44.7 Å². The quantitative estimate of drug-likeness (QED) is 0.865. The first kappa shape index (κ1) is 17.4. The molecule has 7 heteroatoms. The zero-order valence-electron chi connectivity index (χ0n) is 15.1. The number of hydrogen-bond acceptors (Lipinski definition) is 7. The second kappa shape index (κ2) is 8.11. The molecule has 0 radical (unpaired) electrons. The van der Waals surface area contributed by atoms with Crippen LogP contribution >= 0.6 is 0 Å². The van der Waals surface area contributed by atoms with E-state index < -0.39 is 0 Å². The topological polar surface area (TPSA) is 66.4 Å². The molecule has 1 aromatic heterocycles. The van der Waals surface area contributed by atoms with Crippen molar-refractivity contribution in [1.29, 1.82) is 0 Å². The molecule has 25 heavy (non-hydrogen) atoms. The average molecular weight is 342 g/mol. The van der Waals surface area contributed by atoms with Gasteiger partial charge in [0, 0.05) is 31.9 Å². The predicted molar refractivity (Wildman–Crippen MR) is 99.6 cm³/mol. The third kappa shape index (κ3) is 4.79. The predicted octanol–water partition coefficient (Wildman–Crippen LogP) is 2.54. The highest BCUT2D eigenvalue weighted by Gasteiger charge is 2.17. The van der Waals surface area contributed by atoms with E-state index in [9.17, 15) is 0 Å². The van der Waals surface area contributed by atoms with E-state index >= 15 is 0 Å². The van der Waals surface area contributed by atoms with Crippen molar-refractivity contribution in [3.63, 3.8) is 0 Å². The molecule has 0 amide bonds. The molecule has 1 aliphatic heterocycles. The van der Waals surface area contributed by atoms with Crippen LogP contribution in [0.2, 0.25) is 0 Å². The summed E-state index contributed by atoms with van der Waals surface area (Å²) in [5.74, 6) is 2.23. The molecule has 0 bridgehead atoms. The first-order valence-corrected chi connectivity index (χ1v) is 8.85. The average Bonchev–Trinajstić information content (AvgIpc) is 2.63. The van der Waals surface area contributed by atoms with E-state index in [-0.39, 0.29) is 6.10 Å². The molecule has 1 saturated heterocycles. The molecule has 0 spiro atoms. The lowest BCUT2D eigenvalue weighted by molar-refractivity contribution is 0.242. The molecule has 2 aromatic rings. The van der Waals surface area contributed by atoms with Crippen molar-refractivity contribution < 1.29 is 4.74 Å². The number of nitrogens with zero attached hydrogens (tertiary/aromatic N) is 5. The molecule has 0 unspecified atom stereocenters. The lowest BCUT2D eigenvalue weighted by Crippen LogP contribution is -2.46. The van der Waals surface area contributed by atoms with Crippen LogP contribution < -0.4 is 15.0 Å². The van der Waals surface area contributed by atoms with Crippen LogP contribution in [0.25, 0.3) is 0 Å². The standard InChI is InChI=1S/C18H26N6O/c1-4-23-9-11-24(12-10-23)17-13-19-22-18(21-17)20-15-5-7-16(8-6-15)25-14(2)3/h5-8,13-14H,4,9-12H2,1-3H3,(H,20,21,22). The van der Waals surface area contributed by atoms with Crippen LogP contribution in [-0.2, 0) is 0 Å². The SMILES string of the molecule is CCN1CCN(c2cnnc(Nc3ccc(OC(C)C)cc3)n2)CC1. The van der Waals surface area contributed by atoms with Gasteiger partial charge in [-0.2, -0.15) is 10.1 Å². The van der Waals surface area contributed by atoms with E-state index in [1.807, 2.05) is 38.1 Å². The molecule has 3 rings (SSSR count). The van der Waals surface area contributed by atoms with Crippen LogP contribution in [0.1, 0.15) is 20.8 Å². The number of likely N-dealkylation sites (N-methyl/N-ethyl adjacent to an activating group) is 1. The van der Waals surface area contributed by atoms with Crippen molar-refractivity contribution in [2.45, 2.75) is 26.9 Å². The normalized spacial score (nSPS) is 15.4. The summed E-state index contributed by atoms with van der Waals surface area (Å²) in [6, 6.07) is 7.77. The Hall–Kier alpha value is -2.41. The molecule has 7 nitrogen and oxygen atoms in total. The van der Waals surface area contributed by atoms with Crippen molar-refractivity contribution in [3.8, 4) is 5.75 Å². The number of hydrogen-bond donors (Lipinski definition) is 1. The Labute approximate surface area is 149 Å². The van der Waals surface area contributed by atoms with Crippen LogP contribution in [0.3, 0.4) is 0 Å². The Balaban J connectivity index is 1.63. The van der Waals surface area contributed by atoms with Gasteiger partial charge in [0.05, 0.1) is 12.3 Å². The highest BCUT2D eigenvalue weighted by molar-refractivity contribution is 5.55. The van der Waals surface area contributed by atoms with Gasteiger partial charge in [0.1, 0.15) is 5.75 Å². The smallest absolute Gasteiger partial charge is 0.249 e. The first-order valence-electron chi connectivity index (χ1n) is 8.85. The van der Waals surface area contributed by atoms with Gasteiger partial charge in [0.2, 0.25) is 5.95 Å². The largest absolute Gasteiger partial charge is 0.491 e. The van der Waals surface area contributed by atoms with Crippen LogP contribution in [-0.4, -0.2) is 58.9 Å². The zero-order valence-corrected chi connectivity index (χ0v) is 15.1. The minimum absolute atomic E-state index is 0.163. The highest BCUT2D eigenvalue weighted by Crippen LogP contribution is 2.20. The minimum atomic E-state index is 0.163. The van der Waals surface area contributed by atoms with Crippen LogP contribution in [0, 0.1) is 0 Å². The molecule has 2 heterocycles. The van der Waals surface area contributed by atoms with Gasteiger partial charge in [0.15, 0.2) is 5.82 Å². The molecule has 0 saturated carbocycles. The molecule has 1 fully saturated rings. The Morgan fingerprint density at radius 3 is 2.48 bits per heavy atom. The minimum Gasteiger partial charge on any atom is -0.491 e. The van der Waals surface area contributed by atoms with Crippen LogP contribution in [0.15, 0.2) is 30.5 Å². The number of rotatable bonds is 6. The van der Waals surface area contributed by atoms with Crippen molar-refractivity contribution in [3.05, 3.63) is 30.5 Å². The lowest BCUT2D eigenvalue weighted by atomic mass is 10.3. The maximum Gasteiger partial charge on any atom is 0.249 e.